The lowest BCUT2D eigenvalue weighted by molar-refractivity contribution is -0.120. The topological polar surface area (TPSA) is 80.6 Å². The Morgan fingerprint density at radius 3 is 2.88 bits per heavy atom. The summed E-state index contributed by atoms with van der Waals surface area (Å²) in [7, 11) is 0. The lowest BCUT2D eigenvalue weighted by Crippen LogP contribution is -2.36. The van der Waals surface area contributed by atoms with Crippen molar-refractivity contribution in [3.05, 3.63) is 53.0 Å². The van der Waals surface area contributed by atoms with Gasteiger partial charge in [0.05, 0.1) is 9.20 Å². The number of nitrogens with one attached hydrogen (secondary N) is 1. The molecule has 0 aliphatic rings. The van der Waals surface area contributed by atoms with Crippen molar-refractivity contribution in [3.63, 3.8) is 0 Å². The fourth-order valence-corrected chi connectivity index (χ4v) is 4.29. The summed E-state index contributed by atoms with van der Waals surface area (Å²) < 4.78 is 3.54. The molecule has 3 aromatic heterocycles. The molecule has 24 heavy (non-hydrogen) atoms. The number of rotatable bonds is 4. The van der Waals surface area contributed by atoms with Crippen molar-refractivity contribution in [3.8, 4) is 0 Å². The van der Waals surface area contributed by atoms with Crippen LogP contribution in [0.15, 0.2) is 33.4 Å². The van der Waals surface area contributed by atoms with Gasteiger partial charge in [0.1, 0.15) is 18.2 Å². The number of H-pyrrole nitrogens is 1. The predicted molar refractivity (Wildman–Crippen MR) is 98.6 cm³/mol. The van der Waals surface area contributed by atoms with E-state index < -0.39 is 5.54 Å². The maximum Gasteiger partial charge on any atom is 0.266 e. The van der Waals surface area contributed by atoms with Crippen LogP contribution in [-0.4, -0.2) is 25.5 Å². The van der Waals surface area contributed by atoms with Crippen molar-refractivity contribution in [1.29, 1.82) is 0 Å². The lowest BCUT2D eigenvalue weighted by Gasteiger charge is -2.20. The smallest absolute Gasteiger partial charge is 0.266 e. The molecule has 0 atom stereocenters. The second kappa shape index (κ2) is 6.58. The van der Waals surface area contributed by atoms with Gasteiger partial charge in [0.25, 0.3) is 5.56 Å². The summed E-state index contributed by atoms with van der Waals surface area (Å²) in [6.45, 7) is 3.50. The van der Waals surface area contributed by atoms with Crippen LogP contribution in [0.5, 0.6) is 0 Å². The van der Waals surface area contributed by atoms with Crippen LogP contribution < -0.4 is 14.8 Å². The molecule has 3 rings (SSSR count). The number of aromatic amines is 1. The Labute approximate surface area is 153 Å². The summed E-state index contributed by atoms with van der Waals surface area (Å²) in [5, 5.41) is 5.97. The van der Waals surface area contributed by atoms with Crippen LogP contribution >= 0.6 is 38.6 Å². The molecule has 3 aromatic rings. The number of nitrogens with zero attached hydrogens (tertiary/aromatic N) is 3. The second-order valence-electron chi connectivity index (χ2n) is 5.50. The Bertz CT molecular complexity index is 1040. The Morgan fingerprint density at radius 2 is 2.25 bits per heavy atom. The number of hydrogen-bond acceptors (Lipinski definition) is 6. The first-order valence-corrected chi connectivity index (χ1v) is 9.41. The van der Waals surface area contributed by atoms with E-state index in [-0.39, 0.29) is 11.3 Å². The maximum atomic E-state index is 12.5. The van der Waals surface area contributed by atoms with Gasteiger partial charge in [-0.1, -0.05) is 0 Å². The number of Topliss-reactive ketones (excluding diaryl/α,β-unsaturated/α-hetero) is 1. The van der Waals surface area contributed by atoms with Gasteiger partial charge in [-0.2, -0.15) is 5.10 Å². The van der Waals surface area contributed by atoms with Crippen LogP contribution in [-0.2, 0) is 10.3 Å². The normalized spacial score (nSPS) is 13.6. The molecule has 0 amide bonds. The minimum Gasteiger partial charge on any atom is -0.313 e. The van der Waals surface area contributed by atoms with Gasteiger partial charge in [-0.05, 0) is 41.9 Å². The number of carbonyl (C=O) groups is 1. The number of aromatic nitrogens is 4. The maximum absolute atomic E-state index is 12.5. The summed E-state index contributed by atoms with van der Waals surface area (Å²) in [5.41, 5.74) is -1.08. The van der Waals surface area contributed by atoms with Crippen LogP contribution in [0.2, 0.25) is 0 Å². The summed E-state index contributed by atoms with van der Waals surface area (Å²) >= 11 is 6.17. The number of carbonyl (C=O) groups excluding carboxylic acids is 1. The van der Waals surface area contributed by atoms with E-state index in [0.717, 1.165) is 9.35 Å². The lowest BCUT2D eigenvalue weighted by atomic mass is 10.00. The highest BCUT2D eigenvalue weighted by Crippen LogP contribution is 2.20. The summed E-state index contributed by atoms with van der Waals surface area (Å²) in [6, 6.07) is 1.94. The van der Waals surface area contributed by atoms with Gasteiger partial charge in [0.2, 0.25) is 0 Å². The standard InChI is InChI=1S/C15H13BrN4O2S2/c1-15(2,20-8-17-7-18-20)12(21)5-13-19-14(22)11(24-13)4-10-3-9(16)6-23-10/h3-8H,1-2H3,(H,19,22)/b11-4-,13-5+. The zero-order valence-electron chi connectivity index (χ0n) is 12.8. The largest absolute Gasteiger partial charge is 0.313 e. The van der Waals surface area contributed by atoms with Crippen LogP contribution in [0.4, 0.5) is 0 Å². The quantitative estimate of drug-likeness (QED) is 0.687. The average molecular weight is 425 g/mol. The van der Waals surface area contributed by atoms with E-state index in [9.17, 15) is 9.59 Å². The van der Waals surface area contributed by atoms with Gasteiger partial charge in [-0.25, -0.2) is 9.67 Å². The molecular weight excluding hydrogens is 412 g/mol. The van der Waals surface area contributed by atoms with Gasteiger partial charge in [-0.3, -0.25) is 9.59 Å². The van der Waals surface area contributed by atoms with Gasteiger partial charge in [-0.15, -0.1) is 22.7 Å². The van der Waals surface area contributed by atoms with Crippen molar-refractivity contribution < 1.29 is 4.79 Å². The third-order valence-electron chi connectivity index (χ3n) is 3.40. The zero-order valence-corrected chi connectivity index (χ0v) is 16.0. The minimum absolute atomic E-state index is 0.170. The third kappa shape index (κ3) is 3.47. The molecule has 0 unspecified atom stereocenters. The van der Waals surface area contributed by atoms with E-state index in [0.29, 0.717) is 9.20 Å². The molecule has 0 radical (unpaired) electrons. The second-order valence-corrected chi connectivity index (χ2v) is 8.45. The highest BCUT2D eigenvalue weighted by atomic mass is 79.9. The summed E-state index contributed by atoms with van der Waals surface area (Å²) in [6.07, 6.45) is 6.13. The number of ketones is 1. The molecule has 0 spiro atoms. The molecule has 1 N–H and O–H groups in total. The Kier molecular flexibility index (Phi) is 4.66. The Hall–Kier alpha value is -1.84. The highest BCUT2D eigenvalue weighted by Gasteiger charge is 2.28. The number of thiophene rings is 1. The molecule has 0 aliphatic carbocycles. The van der Waals surface area contributed by atoms with Gasteiger partial charge >= 0.3 is 0 Å². The van der Waals surface area contributed by atoms with Crippen molar-refractivity contribution in [2.24, 2.45) is 0 Å². The van der Waals surface area contributed by atoms with E-state index in [1.807, 2.05) is 17.5 Å². The fraction of sp³-hybridized carbons (Fsp3) is 0.200. The highest BCUT2D eigenvalue weighted by molar-refractivity contribution is 9.10. The van der Waals surface area contributed by atoms with Crippen molar-refractivity contribution in [2.45, 2.75) is 19.4 Å². The fourth-order valence-electron chi connectivity index (χ4n) is 1.96. The average Bonchev–Trinajstić information content (AvgIpc) is 3.23. The molecule has 9 heteroatoms. The molecule has 0 aliphatic heterocycles. The predicted octanol–water partition coefficient (Wildman–Crippen LogP) is 1.47. The summed E-state index contributed by atoms with van der Waals surface area (Å²) in [4.78, 5) is 32.2. The van der Waals surface area contributed by atoms with Crippen molar-refractivity contribution in [1.82, 2.24) is 19.7 Å². The molecular formula is C15H13BrN4O2S2. The molecule has 6 nitrogen and oxygen atoms in total. The van der Waals surface area contributed by atoms with E-state index in [4.69, 9.17) is 0 Å². The minimum atomic E-state index is -0.875. The molecule has 124 valence electrons. The van der Waals surface area contributed by atoms with E-state index >= 15 is 0 Å². The Morgan fingerprint density at radius 1 is 1.46 bits per heavy atom. The van der Waals surface area contributed by atoms with Crippen molar-refractivity contribution in [2.75, 3.05) is 0 Å². The number of thiazole rings is 1. The van der Waals surface area contributed by atoms with Crippen LogP contribution in [0.3, 0.4) is 0 Å². The molecule has 0 aromatic carbocycles. The molecule has 0 bridgehead atoms. The van der Waals surface area contributed by atoms with Crippen LogP contribution in [0, 0.1) is 0 Å². The molecule has 3 heterocycles. The van der Waals surface area contributed by atoms with Crippen LogP contribution in [0.1, 0.15) is 18.7 Å². The SMILES string of the molecule is CC(C)(C(=O)/C=c1\[nH]c(=O)/c(=C/c2cc(Br)cs2)s1)n1cncn1. The third-order valence-corrected chi connectivity index (χ3v) is 6.00. The number of hydrogen-bond donors (Lipinski definition) is 1. The molecule has 0 saturated heterocycles. The first-order chi connectivity index (χ1) is 11.4. The number of halogens is 1. The van der Waals surface area contributed by atoms with Gasteiger partial charge < -0.3 is 4.98 Å². The first kappa shape index (κ1) is 17.0. The van der Waals surface area contributed by atoms with Gasteiger partial charge in [0.15, 0.2) is 5.78 Å². The van der Waals surface area contributed by atoms with E-state index in [1.165, 1.54) is 46.1 Å². The van der Waals surface area contributed by atoms with Crippen molar-refractivity contribution >= 4 is 56.5 Å². The monoisotopic (exact) mass is 424 g/mol. The Balaban J connectivity index is 1.97. The van der Waals surface area contributed by atoms with E-state index in [2.05, 4.69) is 31.0 Å². The van der Waals surface area contributed by atoms with Gasteiger partial charge in [0, 0.05) is 20.8 Å². The first-order valence-electron chi connectivity index (χ1n) is 6.92. The zero-order chi connectivity index (χ0) is 17.3. The molecule has 0 fully saturated rings. The van der Waals surface area contributed by atoms with Crippen LogP contribution in [0.25, 0.3) is 12.2 Å². The molecule has 0 saturated carbocycles. The summed E-state index contributed by atoms with van der Waals surface area (Å²) in [5.74, 6) is -0.170. The van der Waals surface area contributed by atoms with E-state index in [1.54, 1.807) is 13.8 Å².